The lowest BCUT2D eigenvalue weighted by atomic mass is 9.79. The molecule has 0 amide bonds. The van der Waals surface area contributed by atoms with Crippen molar-refractivity contribution in [1.29, 1.82) is 0 Å². The third kappa shape index (κ3) is 7.60. The Bertz CT molecular complexity index is 1320. The minimum absolute atomic E-state index is 0.157. The molecule has 2 N–H and O–H groups in total. The van der Waals surface area contributed by atoms with E-state index in [1.54, 1.807) is 27.4 Å². The van der Waals surface area contributed by atoms with Gasteiger partial charge in [0, 0.05) is 11.5 Å². The van der Waals surface area contributed by atoms with E-state index in [1.807, 2.05) is 72.8 Å². The van der Waals surface area contributed by atoms with Crippen LogP contribution in [0.25, 0.3) is 0 Å². The van der Waals surface area contributed by atoms with Crippen molar-refractivity contribution in [3.8, 4) is 34.5 Å². The first-order valence-electron chi connectivity index (χ1n) is 12.3. The van der Waals surface area contributed by atoms with E-state index in [4.69, 9.17) is 28.4 Å². The van der Waals surface area contributed by atoms with Crippen LogP contribution in [0.5, 0.6) is 34.5 Å². The van der Waals surface area contributed by atoms with E-state index in [2.05, 4.69) is 0 Å². The van der Waals surface area contributed by atoms with E-state index in [0.29, 0.717) is 11.5 Å². The molecule has 0 aliphatic rings. The maximum Gasteiger partial charge on any atom is 0.492 e. The molecule has 9 heteroatoms. The molecule has 0 fully saturated rings. The van der Waals surface area contributed by atoms with Gasteiger partial charge in [0.25, 0.3) is 0 Å². The van der Waals surface area contributed by atoms with Crippen LogP contribution in [-0.2, 0) is 19.8 Å². The van der Waals surface area contributed by atoms with Gasteiger partial charge >= 0.3 is 7.12 Å². The van der Waals surface area contributed by atoms with Gasteiger partial charge in [-0.15, -0.1) is 0 Å². The Balaban J connectivity index is 1.58. The maximum atomic E-state index is 10.1. The number of methoxy groups -OCH3 is 3. The highest BCUT2D eigenvalue weighted by molar-refractivity contribution is 6.59. The van der Waals surface area contributed by atoms with E-state index < -0.39 is 7.12 Å². The molecule has 0 spiro atoms. The summed E-state index contributed by atoms with van der Waals surface area (Å²) < 4.78 is 33.9. The Hall–Kier alpha value is -4.34. The highest BCUT2D eigenvalue weighted by Crippen LogP contribution is 2.33. The first-order chi connectivity index (χ1) is 19.0. The Morgan fingerprint density at radius 3 is 1.15 bits per heavy atom. The molecule has 0 aliphatic heterocycles. The zero-order valence-electron chi connectivity index (χ0n) is 22.1. The second kappa shape index (κ2) is 13.5. The van der Waals surface area contributed by atoms with Gasteiger partial charge in [0.05, 0.1) is 21.3 Å². The molecule has 4 rings (SSSR count). The highest BCUT2D eigenvalue weighted by atomic mass is 16.5. The van der Waals surface area contributed by atoms with Crippen LogP contribution in [0.4, 0.5) is 0 Å². The number of hydrogen-bond donors (Lipinski definition) is 2. The summed E-state index contributed by atoms with van der Waals surface area (Å²) in [6.45, 7) is 0.686. The zero-order chi connectivity index (χ0) is 27.6. The molecule has 0 bridgehead atoms. The van der Waals surface area contributed by atoms with Gasteiger partial charge in [0.1, 0.15) is 42.8 Å². The van der Waals surface area contributed by atoms with Crippen molar-refractivity contribution >= 4 is 12.6 Å². The fraction of sp³-hybridized carbons (Fsp3) is 0.200. The lowest BCUT2D eigenvalue weighted by molar-refractivity contribution is 0.251. The number of benzene rings is 4. The monoisotopic (exact) mass is 530 g/mol. The number of rotatable bonds is 13. The van der Waals surface area contributed by atoms with Crippen LogP contribution in [0.1, 0.15) is 16.7 Å². The third-order valence-electron chi connectivity index (χ3n) is 6.01. The SMILES string of the molecule is COc1ccc(COc2cc(OCc3ccc(OC)cc3)c(B(O)O)cc2OCc2ccc(OC)cc2)cc1. The van der Waals surface area contributed by atoms with Crippen molar-refractivity contribution in [3.05, 3.63) is 102 Å². The fourth-order valence-electron chi connectivity index (χ4n) is 3.76. The van der Waals surface area contributed by atoms with E-state index in [9.17, 15) is 10.0 Å². The number of hydrogen-bond acceptors (Lipinski definition) is 8. The minimum atomic E-state index is -1.78. The lowest BCUT2D eigenvalue weighted by Crippen LogP contribution is -2.31. The Morgan fingerprint density at radius 2 is 0.821 bits per heavy atom. The van der Waals surface area contributed by atoms with E-state index in [-0.39, 0.29) is 31.0 Å². The second-order valence-electron chi connectivity index (χ2n) is 8.62. The summed E-state index contributed by atoms with van der Waals surface area (Å²) in [5.74, 6) is 3.23. The van der Waals surface area contributed by atoms with Crippen LogP contribution in [0.2, 0.25) is 0 Å². The molecule has 0 unspecified atom stereocenters. The molecule has 0 heterocycles. The van der Waals surface area contributed by atoms with Gasteiger partial charge in [-0.2, -0.15) is 0 Å². The first kappa shape index (κ1) is 27.7. The standard InChI is InChI=1S/C30H31BO8/c1-34-24-10-4-21(5-11-24)18-37-28-17-30(39-20-23-8-14-26(36-3)15-9-23)29(16-27(28)31(32)33)38-19-22-6-12-25(35-2)13-7-22/h4-17,32-33H,18-20H2,1-3H3. The smallest absolute Gasteiger partial charge is 0.492 e. The summed E-state index contributed by atoms with van der Waals surface area (Å²) in [6.07, 6.45) is 0. The van der Waals surface area contributed by atoms with Gasteiger partial charge in [-0.05, 0) is 59.2 Å². The summed E-state index contributed by atoms with van der Waals surface area (Å²) >= 11 is 0. The maximum absolute atomic E-state index is 10.1. The molecule has 4 aromatic rings. The van der Waals surface area contributed by atoms with Crippen LogP contribution < -0.4 is 33.9 Å². The summed E-state index contributed by atoms with van der Waals surface area (Å²) in [5, 5.41) is 20.2. The molecule has 8 nitrogen and oxygen atoms in total. The predicted molar refractivity (Wildman–Crippen MR) is 148 cm³/mol. The lowest BCUT2D eigenvalue weighted by Gasteiger charge is -2.18. The van der Waals surface area contributed by atoms with Crippen molar-refractivity contribution < 1.29 is 38.5 Å². The molecule has 0 aromatic heterocycles. The summed E-state index contributed by atoms with van der Waals surface area (Å²) in [4.78, 5) is 0. The van der Waals surface area contributed by atoms with E-state index >= 15 is 0 Å². The summed E-state index contributed by atoms with van der Waals surface area (Å²) in [7, 11) is 3.04. The molecular weight excluding hydrogens is 499 g/mol. The molecule has 0 radical (unpaired) electrons. The van der Waals surface area contributed by atoms with Gasteiger partial charge in [-0.3, -0.25) is 0 Å². The highest BCUT2D eigenvalue weighted by Gasteiger charge is 2.22. The Morgan fingerprint density at radius 1 is 0.487 bits per heavy atom. The molecule has 0 saturated heterocycles. The molecule has 0 aliphatic carbocycles. The summed E-state index contributed by atoms with van der Waals surface area (Å²) in [6, 6.07) is 25.6. The minimum Gasteiger partial charge on any atom is -0.497 e. The topological polar surface area (TPSA) is 95.8 Å². The van der Waals surface area contributed by atoms with Crippen molar-refractivity contribution in [1.82, 2.24) is 0 Å². The van der Waals surface area contributed by atoms with Crippen LogP contribution >= 0.6 is 0 Å². The predicted octanol–water partition coefficient (Wildman–Crippen LogP) is 4.13. The third-order valence-corrected chi connectivity index (χ3v) is 6.01. The molecule has 0 saturated carbocycles. The zero-order valence-corrected chi connectivity index (χ0v) is 22.1. The Kier molecular flexibility index (Phi) is 9.56. The van der Waals surface area contributed by atoms with Crippen molar-refractivity contribution in [2.45, 2.75) is 19.8 Å². The molecule has 202 valence electrons. The first-order valence-corrected chi connectivity index (χ1v) is 12.3. The Labute approximate surface area is 228 Å². The van der Waals surface area contributed by atoms with Crippen molar-refractivity contribution in [2.75, 3.05) is 21.3 Å². The molecule has 0 atom stereocenters. The molecule has 4 aromatic carbocycles. The normalized spacial score (nSPS) is 10.5. The van der Waals surface area contributed by atoms with Crippen molar-refractivity contribution in [3.63, 3.8) is 0 Å². The van der Waals surface area contributed by atoms with Gasteiger partial charge in [-0.1, -0.05) is 36.4 Å². The van der Waals surface area contributed by atoms with Crippen LogP contribution in [0.15, 0.2) is 84.9 Å². The second-order valence-corrected chi connectivity index (χ2v) is 8.62. The van der Waals surface area contributed by atoms with Gasteiger partial charge in [0.2, 0.25) is 0 Å². The number of ether oxygens (including phenoxy) is 6. The molecule has 39 heavy (non-hydrogen) atoms. The van der Waals surface area contributed by atoms with Gasteiger partial charge < -0.3 is 38.5 Å². The van der Waals surface area contributed by atoms with E-state index in [0.717, 1.165) is 33.9 Å². The van der Waals surface area contributed by atoms with Crippen LogP contribution in [-0.4, -0.2) is 38.5 Å². The van der Waals surface area contributed by atoms with E-state index in [1.165, 1.54) is 6.07 Å². The van der Waals surface area contributed by atoms with Gasteiger partial charge in [0.15, 0.2) is 11.5 Å². The van der Waals surface area contributed by atoms with Gasteiger partial charge in [-0.25, -0.2) is 0 Å². The average molecular weight is 530 g/mol. The fourth-order valence-corrected chi connectivity index (χ4v) is 3.76. The summed E-state index contributed by atoms with van der Waals surface area (Å²) in [5.41, 5.74) is 2.87. The molecular formula is C30H31BO8. The average Bonchev–Trinajstić information content (AvgIpc) is 2.98. The largest absolute Gasteiger partial charge is 0.497 e. The van der Waals surface area contributed by atoms with Crippen molar-refractivity contribution in [2.24, 2.45) is 0 Å². The quantitative estimate of drug-likeness (QED) is 0.249. The van der Waals surface area contributed by atoms with Crippen LogP contribution in [0.3, 0.4) is 0 Å². The van der Waals surface area contributed by atoms with Crippen LogP contribution in [0, 0.1) is 0 Å².